The molecule has 0 spiro atoms. The number of hydrogen-bond acceptors (Lipinski definition) is 13. The predicted molar refractivity (Wildman–Crippen MR) is 510 cm³/mol. The van der Waals surface area contributed by atoms with E-state index in [0.717, 1.165) is 223 Å². The minimum Gasteiger partial charge on any atom is -0.505 e. The van der Waals surface area contributed by atoms with E-state index in [1.807, 2.05) is 65.4 Å². The highest BCUT2D eigenvalue weighted by Crippen LogP contribution is 2.42. The van der Waals surface area contributed by atoms with Crippen LogP contribution < -0.4 is 10.6 Å². The highest BCUT2D eigenvalue weighted by Gasteiger charge is 2.36. The molecule has 4 amide bonds. The Hall–Kier alpha value is -9.80. The summed E-state index contributed by atoms with van der Waals surface area (Å²) in [5.74, 6) is 0.897. The first-order valence-corrected chi connectivity index (χ1v) is 60.6. The third kappa shape index (κ3) is 21.4. The number of hydrogen-bond donors (Lipinski definition) is 5. The summed E-state index contributed by atoms with van der Waals surface area (Å²) in [6, 6.07) is 33.4. The summed E-state index contributed by atoms with van der Waals surface area (Å²) in [7, 11) is -4.97. The van der Waals surface area contributed by atoms with Gasteiger partial charge in [0.1, 0.15) is 55.6 Å². The summed E-state index contributed by atoms with van der Waals surface area (Å²) in [4.78, 5) is 47.6. The zero-order valence-corrected chi connectivity index (χ0v) is 81.5. The summed E-state index contributed by atoms with van der Waals surface area (Å²) in [6.45, 7) is 44.3. The van der Waals surface area contributed by atoms with Crippen molar-refractivity contribution in [3.63, 3.8) is 0 Å². The lowest BCUT2D eigenvalue weighted by Gasteiger charge is -2.29. The number of H-pyrrole nitrogens is 2. The van der Waals surface area contributed by atoms with E-state index in [4.69, 9.17) is 44.1 Å². The maximum Gasteiger partial charge on any atom is 0.318 e. The topological polar surface area (TPSA) is 250 Å². The first-order valence-electron chi connectivity index (χ1n) is 45.8. The van der Waals surface area contributed by atoms with Gasteiger partial charge in [0, 0.05) is 92.7 Å². The summed E-state index contributed by atoms with van der Waals surface area (Å²) < 4.78 is 77.0. The first kappa shape index (κ1) is 91.9. The second-order valence-electron chi connectivity index (χ2n) is 40.2. The molecule has 12 aromatic rings. The van der Waals surface area contributed by atoms with E-state index < -0.39 is 38.1 Å². The summed E-state index contributed by atoms with van der Waals surface area (Å²) in [6.07, 6.45) is 12.0. The smallest absolute Gasteiger partial charge is 0.318 e. The van der Waals surface area contributed by atoms with Gasteiger partial charge >= 0.3 is 12.1 Å². The van der Waals surface area contributed by atoms with Crippen molar-refractivity contribution in [2.24, 2.45) is 0 Å². The SMILES string of the molecule is CCc1cc(C)c(F)cc1-c1ccc2c(-c3nc4c(n3COCC[Si](C)(C)C)CCC4)nn(COCC[Si](C)(C)C)c2c1.CCc1cc(C)c(F)cc1-c1ccc2c(-c3nc4c(n3COCC[Si](C)(C)C)CN(C(=O)NC3CCC3)C4)nn(COCC[Si](C)(C)C)c2c1.CCc1cc(O)c(F)cc1-c1ccc2c(-c3nc4c([nH]3)CN(C(=O)NC3CCC3)C4)n[nH]c2c1. The second kappa shape index (κ2) is 38.5. The van der Waals surface area contributed by atoms with Gasteiger partial charge in [0.15, 0.2) is 29.0 Å². The molecule has 0 bridgehead atoms. The van der Waals surface area contributed by atoms with Gasteiger partial charge in [0.05, 0.1) is 71.2 Å². The molecular weight excluding hydrogens is 1670 g/mol. The highest BCUT2D eigenvalue weighted by atomic mass is 28.3. The normalized spacial score (nSPS) is 14.8. The number of amides is 4. The Morgan fingerprint density at radius 2 is 0.906 bits per heavy atom. The van der Waals surface area contributed by atoms with Gasteiger partial charge in [-0.1, -0.05) is 130 Å². The van der Waals surface area contributed by atoms with Crippen LogP contribution in [0.5, 0.6) is 5.75 Å². The number of aryl methyl sites for hydroxylation is 6. The average Bonchev–Trinajstić information content (AvgIpc) is 1.60. The molecule has 23 nitrogen and oxygen atoms in total. The predicted octanol–water partition coefficient (Wildman–Crippen LogP) is 22.1. The van der Waals surface area contributed by atoms with Gasteiger partial charge in [-0.25, -0.2) is 47.1 Å². The number of ether oxygens (including phenoxy) is 4. The lowest BCUT2D eigenvalue weighted by Crippen LogP contribution is -2.45. The molecule has 6 aromatic carbocycles. The molecule has 3 aliphatic carbocycles. The monoisotopic (exact) mass is 1800 g/mol. The molecule has 17 rings (SSSR count). The van der Waals surface area contributed by atoms with Crippen molar-refractivity contribution in [1.29, 1.82) is 0 Å². The lowest BCUT2D eigenvalue weighted by molar-refractivity contribution is 0.0813. The van der Waals surface area contributed by atoms with Crippen LogP contribution in [0.4, 0.5) is 22.8 Å². The first-order chi connectivity index (χ1) is 60.5. The largest absolute Gasteiger partial charge is 0.505 e. The molecular formula is C97H129F3N16O7Si4. The van der Waals surface area contributed by atoms with Gasteiger partial charge in [-0.15, -0.1) is 0 Å². The number of nitrogens with one attached hydrogen (secondary N) is 4. The van der Waals surface area contributed by atoms with Crippen LogP contribution in [-0.4, -0.2) is 157 Å². The Kier molecular flexibility index (Phi) is 27.8. The molecule has 0 saturated heterocycles. The Bertz CT molecular complexity index is 5990. The summed E-state index contributed by atoms with van der Waals surface area (Å²) in [5.41, 5.74) is 20.9. The molecule has 6 aromatic heterocycles. The minimum absolute atomic E-state index is 0.0304. The Balaban J connectivity index is 0.000000149. The Morgan fingerprint density at radius 1 is 0.472 bits per heavy atom. The Labute approximate surface area is 748 Å². The molecule has 2 fully saturated rings. The number of imidazole rings is 3. The number of aromatic amines is 2. The van der Waals surface area contributed by atoms with Crippen LogP contribution in [0.2, 0.25) is 103 Å². The van der Waals surface area contributed by atoms with Crippen LogP contribution in [0, 0.1) is 31.3 Å². The summed E-state index contributed by atoms with van der Waals surface area (Å²) >= 11 is 0. The van der Waals surface area contributed by atoms with E-state index in [-0.39, 0.29) is 35.5 Å². The van der Waals surface area contributed by atoms with Crippen LogP contribution in [0.15, 0.2) is 91.0 Å². The van der Waals surface area contributed by atoms with E-state index >= 15 is 0 Å². The number of benzene rings is 6. The zero-order valence-electron chi connectivity index (χ0n) is 77.5. The molecule has 0 atom stereocenters. The number of phenolic OH excluding ortho intramolecular Hbond substituents is 1. The van der Waals surface area contributed by atoms with Gasteiger partial charge in [0.25, 0.3) is 0 Å². The van der Waals surface area contributed by atoms with Crippen LogP contribution in [-0.2, 0) is 104 Å². The number of aromatic nitrogens is 12. The molecule has 8 heterocycles. The number of phenols is 1. The van der Waals surface area contributed by atoms with E-state index in [2.05, 4.69) is 164 Å². The van der Waals surface area contributed by atoms with Crippen molar-refractivity contribution < 1.29 is 46.8 Å². The number of rotatable bonds is 31. The number of halogens is 3. The van der Waals surface area contributed by atoms with Crippen molar-refractivity contribution in [2.45, 2.75) is 280 Å². The quantitative estimate of drug-likeness (QED) is 0.0201. The van der Waals surface area contributed by atoms with Gasteiger partial charge < -0.3 is 58.6 Å². The Morgan fingerprint density at radius 3 is 1.37 bits per heavy atom. The van der Waals surface area contributed by atoms with Crippen molar-refractivity contribution in [3.05, 3.63) is 170 Å². The van der Waals surface area contributed by atoms with Crippen LogP contribution in [0.3, 0.4) is 0 Å². The highest BCUT2D eigenvalue weighted by molar-refractivity contribution is 6.77. The molecule has 5 aliphatic rings. The van der Waals surface area contributed by atoms with Crippen LogP contribution in [0.1, 0.15) is 128 Å². The van der Waals surface area contributed by atoms with Crippen LogP contribution in [0.25, 0.3) is 101 Å². The standard InChI is InChI=1S/C38H55FN6O3Si2.C34H49FN4O2Si2.C25H25FN6O2/c1-9-27-19-26(2)32(39)21-31(27)28-13-14-30-34(20-28)45(25-48-16-18-50(6,7)8)42-36(30)37-41-33-22-43(38(46)40-29-11-10-12-29)23-35(33)44(37)24-47-15-17-49(3,4)5;1-9-25-19-24(2)29(35)21-28(25)26-13-14-27-32(20-26)39(23-41-16-18-43(6,7)8)37-33(27)34-36-30-11-10-12-31(30)38(34)22-40-15-17-42(3,4)5;1-2-13-9-22(33)18(26)10-17(13)14-6-7-16-19(8-14)30-31-23(16)24-28-20-11-32(12-21(20)29-24)25(34)27-15-4-3-5-15/h13-14,19-21,29H,9-12,15-18,22-25H2,1-8H3,(H,40,46);13-14,19-21H,9-12,15-18,22-23H2,1-8H3;6-10,15,33H,2-5,11-12H2,1H3,(H,27,34)(H,28,29)(H,30,31). The molecule has 0 radical (unpaired) electrons. The fourth-order valence-corrected chi connectivity index (χ4v) is 20.0. The number of carbonyl (C=O) groups is 2. The molecule has 2 saturated carbocycles. The maximum absolute atomic E-state index is 14.9. The molecule has 127 heavy (non-hydrogen) atoms. The van der Waals surface area contributed by atoms with E-state index in [0.29, 0.717) is 108 Å². The number of aromatic hydroxyl groups is 1. The molecule has 5 N–H and O–H groups in total. The van der Waals surface area contributed by atoms with Crippen molar-refractivity contribution in [2.75, 3.05) is 26.4 Å². The number of nitrogens with zero attached hydrogens (tertiary/aromatic N) is 12. The van der Waals surface area contributed by atoms with Gasteiger partial charge in [-0.3, -0.25) is 5.10 Å². The molecule has 676 valence electrons. The zero-order chi connectivity index (χ0) is 90.1. The lowest BCUT2D eigenvalue weighted by atomic mass is 9.93. The molecule has 30 heteroatoms. The third-order valence-electron chi connectivity index (χ3n) is 25.4. The van der Waals surface area contributed by atoms with Gasteiger partial charge in [0.2, 0.25) is 0 Å². The third-order valence-corrected chi connectivity index (χ3v) is 32.2. The number of urea groups is 2. The summed E-state index contributed by atoms with van der Waals surface area (Å²) in [5, 5.41) is 36.7. The average molecular weight is 1800 g/mol. The van der Waals surface area contributed by atoms with Crippen LogP contribution >= 0.6 is 0 Å². The molecule has 2 aliphatic heterocycles. The maximum atomic E-state index is 14.9. The van der Waals surface area contributed by atoms with Gasteiger partial charge in [-0.05, 0) is 237 Å². The number of fused-ring (bicyclic) bond motifs is 6. The van der Waals surface area contributed by atoms with E-state index in [1.54, 1.807) is 17.0 Å². The van der Waals surface area contributed by atoms with Crippen molar-refractivity contribution in [3.8, 4) is 73.7 Å². The van der Waals surface area contributed by atoms with E-state index in [9.17, 15) is 27.9 Å². The van der Waals surface area contributed by atoms with Crippen molar-refractivity contribution >= 4 is 77.1 Å². The minimum atomic E-state index is -1.29. The van der Waals surface area contributed by atoms with Gasteiger partial charge in [-0.2, -0.15) is 15.3 Å². The van der Waals surface area contributed by atoms with Crippen molar-refractivity contribution in [1.82, 2.24) is 79.3 Å². The number of carbonyl (C=O) groups excluding carboxylic acids is 2. The van der Waals surface area contributed by atoms with E-state index in [1.165, 1.54) is 30.7 Å². The fourth-order valence-electron chi connectivity index (χ4n) is 17.0. The molecule has 0 unspecified atom stereocenters. The fraction of sp³-hybridized carbons (Fsp3) is 0.485. The second-order valence-corrected chi connectivity index (χ2v) is 62.7.